The van der Waals surface area contributed by atoms with Crippen LogP contribution >= 0.6 is 0 Å². The summed E-state index contributed by atoms with van der Waals surface area (Å²) in [6, 6.07) is 5.40. The van der Waals surface area contributed by atoms with Crippen molar-refractivity contribution in [3.63, 3.8) is 0 Å². The highest BCUT2D eigenvalue weighted by Gasteiger charge is 2.23. The Morgan fingerprint density at radius 2 is 1.81 bits per heavy atom. The van der Waals surface area contributed by atoms with Crippen molar-refractivity contribution in [2.24, 2.45) is 0 Å². The molecule has 5 aromatic rings. The second kappa shape index (κ2) is 8.53. The number of hydrogen-bond acceptors (Lipinski definition) is 11. The van der Waals surface area contributed by atoms with Crippen molar-refractivity contribution in [2.75, 3.05) is 22.1 Å². The SMILES string of the molecule is CCS(=O)(=O)n1cc(Nc2c(Nc3cc4cc(-c5cnccc5C)nc(N)c4cn3)c(=O)c2=O)cn1. The molecule has 0 spiro atoms. The summed E-state index contributed by atoms with van der Waals surface area (Å²) in [7, 11) is -3.59. The lowest BCUT2D eigenvalue weighted by atomic mass is 10.1. The lowest BCUT2D eigenvalue weighted by molar-refractivity contribution is 0.581. The van der Waals surface area contributed by atoms with Crippen LogP contribution in [0.2, 0.25) is 0 Å². The molecule has 4 N–H and O–H groups in total. The summed E-state index contributed by atoms with van der Waals surface area (Å²) in [5.41, 5.74) is 7.37. The van der Waals surface area contributed by atoms with Gasteiger partial charge in [0.25, 0.3) is 20.9 Å². The van der Waals surface area contributed by atoms with Gasteiger partial charge in [0.1, 0.15) is 23.0 Å². The third-order valence-corrected chi connectivity index (χ3v) is 7.20. The van der Waals surface area contributed by atoms with E-state index in [0.29, 0.717) is 22.7 Å². The highest BCUT2D eigenvalue weighted by Crippen LogP contribution is 2.30. The van der Waals surface area contributed by atoms with Gasteiger partial charge < -0.3 is 16.4 Å². The smallest absolute Gasteiger partial charge is 0.253 e. The molecule has 0 atom stereocenters. The molecule has 0 aliphatic carbocycles. The number of nitrogen functional groups attached to an aromatic ring is 1. The lowest BCUT2D eigenvalue weighted by Gasteiger charge is -2.14. The van der Waals surface area contributed by atoms with E-state index >= 15 is 0 Å². The van der Waals surface area contributed by atoms with E-state index in [4.69, 9.17) is 5.73 Å². The van der Waals surface area contributed by atoms with Crippen molar-refractivity contribution in [3.8, 4) is 11.3 Å². The summed E-state index contributed by atoms with van der Waals surface area (Å²) in [6.45, 7) is 3.43. The molecule has 0 aliphatic rings. The number of nitrogens with one attached hydrogen (secondary N) is 2. The molecule has 0 unspecified atom stereocenters. The number of nitrogens with two attached hydrogens (primary N) is 1. The molecule has 4 heterocycles. The highest BCUT2D eigenvalue weighted by molar-refractivity contribution is 7.89. The van der Waals surface area contributed by atoms with E-state index in [9.17, 15) is 18.0 Å². The van der Waals surface area contributed by atoms with Crippen LogP contribution in [-0.2, 0) is 10.0 Å². The summed E-state index contributed by atoms with van der Waals surface area (Å²) >= 11 is 0. The number of aryl methyl sites for hydroxylation is 1. The Bertz CT molecular complexity index is 1820. The van der Waals surface area contributed by atoms with Crippen LogP contribution in [0.5, 0.6) is 0 Å². The summed E-state index contributed by atoms with van der Waals surface area (Å²) in [5, 5.41) is 10.8. The van der Waals surface area contributed by atoms with E-state index in [1.54, 1.807) is 18.5 Å². The summed E-state index contributed by atoms with van der Waals surface area (Å²) in [5.74, 6) is 0.457. The lowest BCUT2D eigenvalue weighted by Crippen LogP contribution is -2.35. The Hall–Kier alpha value is -4.65. The number of hydrogen-bond donors (Lipinski definition) is 3. The second-order valence-electron chi connectivity index (χ2n) is 8.03. The first-order chi connectivity index (χ1) is 17.2. The molecule has 13 heteroatoms. The Labute approximate surface area is 204 Å². The van der Waals surface area contributed by atoms with Crippen LogP contribution in [0.1, 0.15) is 12.5 Å². The minimum absolute atomic E-state index is 0.00306. The molecule has 36 heavy (non-hydrogen) atoms. The Balaban J connectivity index is 1.47. The molecular formula is C23H20N8O4S. The van der Waals surface area contributed by atoms with E-state index in [2.05, 4.69) is 30.7 Å². The maximum Gasteiger partial charge on any atom is 0.253 e. The van der Waals surface area contributed by atoms with Gasteiger partial charge in [0.2, 0.25) is 0 Å². The van der Waals surface area contributed by atoms with E-state index in [0.717, 1.165) is 20.6 Å². The van der Waals surface area contributed by atoms with Gasteiger partial charge in [-0.15, -0.1) is 0 Å². The van der Waals surface area contributed by atoms with Crippen molar-refractivity contribution in [1.29, 1.82) is 0 Å². The average molecular weight is 505 g/mol. The highest BCUT2D eigenvalue weighted by atomic mass is 32.2. The van der Waals surface area contributed by atoms with Crippen LogP contribution in [0.25, 0.3) is 22.0 Å². The molecule has 0 amide bonds. The molecule has 0 saturated heterocycles. The first kappa shape index (κ1) is 23.1. The summed E-state index contributed by atoms with van der Waals surface area (Å²) < 4.78 is 24.7. The van der Waals surface area contributed by atoms with Gasteiger partial charge >= 0.3 is 0 Å². The number of anilines is 5. The molecule has 182 valence electrons. The normalized spacial score (nSPS) is 11.7. The minimum Gasteiger partial charge on any atom is -0.383 e. The molecule has 12 nitrogen and oxygen atoms in total. The quantitative estimate of drug-likeness (QED) is 0.277. The van der Waals surface area contributed by atoms with Crippen molar-refractivity contribution in [1.82, 2.24) is 24.1 Å². The van der Waals surface area contributed by atoms with E-state index in [-0.39, 0.29) is 22.8 Å². The molecule has 1 aromatic carbocycles. The van der Waals surface area contributed by atoms with Crippen molar-refractivity contribution in [2.45, 2.75) is 13.8 Å². The van der Waals surface area contributed by atoms with Gasteiger partial charge in [-0.25, -0.2) is 18.4 Å². The molecule has 0 radical (unpaired) electrons. The topological polar surface area (TPSA) is 175 Å². The van der Waals surface area contributed by atoms with Crippen LogP contribution in [-0.4, -0.2) is 38.3 Å². The van der Waals surface area contributed by atoms with Crippen LogP contribution in [0.4, 0.5) is 28.7 Å². The van der Waals surface area contributed by atoms with Crippen LogP contribution < -0.4 is 27.2 Å². The van der Waals surface area contributed by atoms with E-state index in [1.807, 2.05) is 19.1 Å². The predicted octanol–water partition coefficient (Wildman–Crippen LogP) is 2.06. The monoisotopic (exact) mass is 504 g/mol. The summed E-state index contributed by atoms with van der Waals surface area (Å²) in [4.78, 5) is 37.4. The molecule has 0 bridgehead atoms. The zero-order chi connectivity index (χ0) is 25.6. The zero-order valence-corrected chi connectivity index (χ0v) is 20.0. The first-order valence-electron chi connectivity index (χ1n) is 10.8. The zero-order valence-electron chi connectivity index (χ0n) is 19.2. The average Bonchev–Trinajstić information content (AvgIpc) is 3.36. The fourth-order valence-electron chi connectivity index (χ4n) is 3.67. The molecular weight excluding hydrogens is 484 g/mol. The van der Waals surface area contributed by atoms with Crippen LogP contribution in [0.3, 0.4) is 0 Å². The molecule has 0 aliphatic heterocycles. The van der Waals surface area contributed by atoms with Gasteiger partial charge in [-0.05, 0) is 43.0 Å². The fraction of sp³-hybridized carbons (Fsp3) is 0.130. The van der Waals surface area contributed by atoms with Crippen molar-refractivity contribution < 1.29 is 8.42 Å². The predicted molar refractivity (Wildman–Crippen MR) is 137 cm³/mol. The summed E-state index contributed by atoms with van der Waals surface area (Å²) in [6.07, 6.45) is 7.40. The van der Waals surface area contributed by atoms with E-state index in [1.165, 1.54) is 25.5 Å². The molecule has 5 rings (SSSR count). The Morgan fingerprint density at radius 3 is 2.53 bits per heavy atom. The molecule has 0 fully saturated rings. The number of fused-ring (bicyclic) bond motifs is 1. The second-order valence-corrected chi connectivity index (χ2v) is 10.1. The van der Waals surface area contributed by atoms with Crippen molar-refractivity contribution in [3.05, 3.63) is 75.2 Å². The number of nitrogens with zero attached hydrogens (tertiary/aromatic N) is 5. The Morgan fingerprint density at radius 1 is 1.06 bits per heavy atom. The fourth-order valence-corrected chi connectivity index (χ4v) is 4.40. The van der Waals surface area contributed by atoms with Crippen LogP contribution in [0, 0.1) is 6.92 Å². The number of rotatable bonds is 7. The number of aromatic nitrogens is 5. The maximum absolute atomic E-state index is 12.3. The molecule has 4 aromatic heterocycles. The third kappa shape index (κ3) is 3.94. The Kier molecular flexibility index (Phi) is 5.48. The van der Waals surface area contributed by atoms with Crippen molar-refractivity contribution >= 4 is 49.5 Å². The number of pyridine rings is 3. The maximum atomic E-state index is 12.3. The largest absolute Gasteiger partial charge is 0.383 e. The third-order valence-electron chi connectivity index (χ3n) is 5.70. The van der Waals surface area contributed by atoms with E-state index < -0.39 is 20.9 Å². The van der Waals surface area contributed by atoms with Gasteiger partial charge in [-0.2, -0.15) is 9.19 Å². The van der Waals surface area contributed by atoms with Gasteiger partial charge in [0, 0.05) is 29.5 Å². The minimum atomic E-state index is -3.59. The molecule has 0 saturated carbocycles. The standard InChI is InChI=1S/C23H20N8O4S/c1-3-36(34,35)31-11-14(8-27-31)28-19-20(22(33)21(19)32)30-18-7-13-6-17(15-9-25-5-4-12(15)2)29-23(24)16(13)10-26-18/h4-11,28H,3H2,1-2H3,(H2,24,29)(H,26,30). The van der Waals surface area contributed by atoms with Crippen LogP contribution in [0.15, 0.2) is 58.8 Å². The van der Waals surface area contributed by atoms with Gasteiger partial charge in [-0.1, -0.05) is 0 Å². The van der Waals surface area contributed by atoms with Gasteiger partial charge in [0.15, 0.2) is 0 Å². The first-order valence-corrected chi connectivity index (χ1v) is 12.4. The van der Waals surface area contributed by atoms with Gasteiger partial charge in [-0.3, -0.25) is 14.6 Å². The van der Waals surface area contributed by atoms with Gasteiger partial charge in [0.05, 0.1) is 29.5 Å².